The normalized spacial score (nSPS) is 12.4. The lowest BCUT2D eigenvalue weighted by molar-refractivity contribution is -0.137. The molecule has 0 saturated carbocycles. The van der Waals surface area contributed by atoms with Crippen molar-refractivity contribution in [1.82, 2.24) is 0 Å². The first kappa shape index (κ1) is 13.7. The standard InChI is InChI=1S/C10H11BrFNO4/c11-4-3-5(12)9(16)10(17)8(4)6(13)1-2-7(14)15/h3,6,16-17H,1-2,13H2,(H,14,15). The zero-order valence-corrected chi connectivity index (χ0v) is 10.2. The third kappa shape index (κ3) is 3.07. The summed E-state index contributed by atoms with van der Waals surface area (Å²) in [7, 11) is 0. The van der Waals surface area contributed by atoms with E-state index in [-0.39, 0.29) is 22.9 Å². The Balaban J connectivity index is 3.05. The first-order valence-corrected chi connectivity index (χ1v) is 5.51. The minimum absolute atomic E-state index is 0.0621. The molecule has 5 N–H and O–H groups in total. The Kier molecular flexibility index (Phi) is 4.30. The largest absolute Gasteiger partial charge is 0.504 e. The highest BCUT2D eigenvalue weighted by atomic mass is 79.9. The smallest absolute Gasteiger partial charge is 0.303 e. The molecule has 0 saturated heterocycles. The van der Waals surface area contributed by atoms with E-state index in [9.17, 15) is 19.4 Å². The van der Waals surface area contributed by atoms with E-state index in [0.717, 1.165) is 6.07 Å². The Morgan fingerprint density at radius 1 is 1.47 bits per heavy atom. The number of hydrogen-bond acceptors (Lipinski definition) is 4. The maximum absolute atomic E-state index is 13.0. The SMILES string of the molecule is NC(CCC(=O)O)c1c(Br)cc(F)c(O)c1O. The number of rotatable bonds is 4. The summed E-state index contributed by atoms with van der Waals surface area (Å²) in [5.41, 5.74) is 5.77. The van der Waals surface area contributed by atoms with E-state index in [2.05, 4.69) is 15.9 Å². The molecule has 0 aliphatic carbocycles. The summed E-state index contributed by atoms with van der Waals surface area (Å²) in [4.78, 5) is 10.4. The highest BCUT2D eigenvalue weighted by molar-refractivity contribution is 9.10. The molecule has 0 aliphatic rings. The van der Waals surface area contributed by atoms with E-state index in [0.29, 0.717) is 0 Å². The van der Waals surface area contributed by atoms with Crippen molar-refractivity contribution in [2.45, 2.75) is 18.9 Å². The molecule has 1 aromatic carbocycles. The zero-order chi connectivity index (χ0) is 13.2. The van der Waals surface area contributed by atoms with Crippen molar-refractivity contribution in [2.24, 2.45) is 5.73 Å². The van der Waals surface area contributed by atoms with Gasteiger partial charge in [-0.1, -0.05) is 15.9 Å². The molecule has 0 amide bonds. The highest BCUT2D eigenvalue weighted by Crippen LogP contribution is 2.40. The Morgan fingerprint density at radius 2 is 2.06 bits per heavy atom. The van der Waals surface area contributed by atoms with Gasteiger partial charge in [-0.25, -0.2) is 4.39 Å². The number of carboxylic acids is 1. The molecule has 1 unspecified atom stereocenters. The fourth-order valence-electron chi connectivity index (χ4n) is 1.39. The molecule has 0 spiro atoms. The van der Waals surface area contributed by atoms with Gasteiger partial charge in [0.25, 0.3) is 0 Å². The van der Waals surface area contributed by atoms with Crippen molar-refractivity contribution in [3.63, 3.8) is 0 Å². The molecule has 7 heteroatoms. The van der Waals surface area contributed by atoms with E-state index >= 15 is 0 Å². The van der Waals surface area contributed by atoms with Crippen LogP contribution in [-0.4, -0.2) is 21.3 Å². The lowest BCUT2D eigenvalue weighted by Gasteiger charge is -2.15. The van der Waals surface area contributed by atoms with Crippen LogP contribution in [0.1, 0.15) is 24.4 Å². The summed E-state index contributed by atoms with van der Waals surface area (Å²) >= 11 is 3.00. The Labute approximate surface area is 105 Å². The van der Waals surface area contributed by atoms with Crippen molar-refractivity contribution in [2.75, 3.05) is 0 Å². The van der Waals surface area contributed by atoms with Gasteiger partial charge >= 0.3 is 5.97 Å². The molecule has 0 radical (unpaired) electrons. The Bertz CT molecular complexity index is 452. The van der Waals surface area contributed by atoms with Crippen molar-refractivity contribution in [1.29, 1.82) is 0 Å². The molecule has 1 aromatic rings. The van der Waals surface area contributed by atoms with E-state index < -0.39 is 29.3 Å². The number of aliphatic carboxylic acids is 1. The molecule has 5 nitrogen and oxygen atoms in total. The average molecular weight is 308 g/mol. The molecular formula is C10H11BrFNO4. The van der Waals surface area contributed by atoms with Gasteiger partial charge in [0.15, 0.2) is 17.3 Å². The second-order valence-corrected chi connectivity index (χ2v) is 4.34. The number of phenols is 2. The molecule has 1 atom stereocenters. The van der Waals surface area contributed by atoms with Crippen LogP contribution in [0.2, 0.25) is 0 Å². The van der Waals surface area contributed by atoms with Crippen molar-refractivity contribution in [3.8, 4) is 11.5 Å². The van der Waals surface area contributed by atoms with Gasteiger partial charge in [0.2, 0.25) is 0 Å². The number of aromatic hydroxyl groups is 2. The summed E-state index contributed by atoms with van der Waals surface area (Å²) in [6, 6.07) is 0.150. The fourth-order valence-corrected chi connectivity index (χ4v) is 2.07. The molecule has 17 heavy (non-hydrogen) atoms. The van der Waals surface area contributed by atoms with E-state index in [1.807, 2.05) is 0 Å². The fraction of sp³-hybridized carbons (Fsp3) is 0.300. The summed E-state index contributed by atoms with van der Waals surface area (Å²) in [6.45, 7) is 0. The van der Waals surface area contributed by atoms with Crippen molar-refractivity contribution in [3.05, 3.63) is 21.9 Å². The highest BCUT2D eigenvalue weighted by Gasteiger charge is 2.21. The molecule has 0 aliphatic heterocycles. The number of nitrogens with two attached hydrogens (primary N) is 1. The molecule has 0 bridgehead atoms. The number of carbonyl (C=O) groups is 1. The summed E-state index contributed by atoms with van der Waals surface area (Å²) in [6.07, 6.45) is -0.127. The maximum atomic E-state index is 13.0. The van der Waals surface area contributed by atoms with Gasteiger partial charge in [0.1, 0.15) is 0 Å². The van der Waals surface area contributed by atoms with Crippen LogP contribution in [0, 0.1) is 5.82 Å². The monoisotopic (exact) mass is 307 g/mol. The minimum Gasteiger partial charge on any atom is -0.504 e. The number of hydrogen-bond donors (Lipinski definition) is 4. The van der Waals surface area contributed by atoms with Gasteiger partial charge in [-0.3, -0.25) is 4.79 Å². The minimum atomic E-state index is -1.03. The van der Waals surface area contributed by atoms with Gasteiger partial charge in [0, 0.05) is 22.5 Å². The molecular weight excluding hydrogens is 297 g/mol. The van der Waals surface area contributed by atoms with E-state index in [4.69, 9.17) is 10.8 Å². The topological polar surface area (TPSA) is 104 Å². The van der Waals surface area contributed by atoms with Gasteiger partial charge in [-0.05, 0) is 12.5 Å². The van der Waals surface area contributed by atoms with Crippen LogP contribution in [0.4, 0.5) is 4.39 Å². The van der Waals surface area contributed by atoms with Crippen molar-refractivity contribution >= 4 is 21.9 Å². The third-order valence-electron chi connectivity index (χ3n) is 2.26. The second kappa shape index (κ2) is 5.33. The average Bonchev–Trinajstić information content (AvgIpc) is 2.23. The molecule has 94 valence electrons. The third-order valence-corrected chi connectivity index (χ3v) is 2.91. The maximum Gasteiger partial charge on any atom is 0.303 e. The van der Waals surface area contributed by atoms with Gasteiger partial charge in [-0.15, -0.1) is 0 Å². The summed E-state index contributed by atoms with van der Waals surface area (Å²) in [5.74, 6) is -3.57. The van der Waals surface area contributed by atoms with Crippen LogP contribution in [0.15, 0.2) is 10.5 Å². The number of carboxylic acid groups (broad SMARTS) is 1. The molecule has 1 rings (SSSR count). The summed E-state index contributed by atoms with van der Waals surface area (Å²) in [5, 5.41) is 27.3. The first-order valence-electron chi connectivity index (χ1n) is 4.71. The molecule has 0 fully saturated rings. The van der Waals surface area contributed by atoms with Crippen LogP contribution in [0.3, 0.4) is 0 Å². The van der Waals surface area contributed by atoms with E-state index in [1.165, 1.54) is 0 Å². The molecule has 0 heterocycles. The lowest BCUT2D eigenvalue weighted by atomic mass is 10.0. The van der Waals surface area contributed by atoms with Gasteiger partial charge in [0.05, 0.1) is 0 Å². The predicted octanol–water partition coefficient (Wildman–Crippen LogP) is 1.86. The van der Waals surface area contributed by atoms with Gasteiger partial charge < -0.3 is 21.1 Å². The van der Waals surface area contributed by atoms with Crippen LogP contribution in [-0.2, 0) is 4.79 Å². The lowest BCUT2D eigenvalue weighted by Crippen LogP contribution is -2.13. The first-order chi connectivity index (χ1) is 7.84. The summed E-state index contributed by atoms with van der Waals surface area (Å²) < 4.78 is 13.2. The number of halogens is 2. The van der Waals surface area contributed by atoms with E-state index in [1.54, 1.807) is 0 Å². The molecule has 0 aromatic heterocycles. The van der Waals surface area contributed by atoms with Crippen LogP contribution in [0.25, 0.3) is 0 Å². The predicted molar refractivity (Wildman–Crippen MR) is 61.2 cm³/mol. The van der Waals surface area contributed by atoms with Crippen LogP contribution < -0.4 is 5.73 Å². The number of benzene rings is 1. The Hall–Kier alpha value is -1.34. The number of phenolic OH excluding ortho intramolecular Hbond substituents is 2. The second-order valence-electron chi connectivity index (χ2n) is 3.49. The van der Waals surface area contributed by atoms with Crippen LogP contribution >= 0.6 is 15.9 Å². The van der Waals surface area contributed by atoms with Crippen LogP contribution in [0.5, 0.6) is 11.5 Å². The zero-order valence-electron chi connectivity index (χ0n) is 8.65. The van der Waals surface area contributed by atoms with Gasteiger partial charge in [-0.2, -0.15) is 0 Å². The van der Waals surface area contributed by atoms with Crippen molar-refractivity contribution < 1.29 is 24.5 Å². The quantitative estimate of drug-likeness (QED) is 0.636. The Morgan fingerprint density at radius 3 is 2.59 bits per heavy atom.